The van der Waals surface area contributed by atoms with Crippen molar-refractivity contribution in [1.29, 1.82) is 5.26 Å². The van der Waals surface area contributed by atoms with Crippen molar-refractivity contribution in [2.75, 3.05) is 6.61 Å². The van der Waals surface area contributed by atoms with Gasteiger partial charge in [-0.05, 0) is 47.5 Å². The molecule has 0 saturated heterocycles. The molecule has 1 atom stereocenters. The van der Waals surface area contributed by atoms with E-state index in [1.165, 1.54) is 24.3 Å². The van der Waals surface area contributed by atoms with Crippen molar-refractivity contribution in [2.24, 2.45) is 0 Å². The van der Waals surface area contributed by atoms with Crippen LogP contribution in [0.4, 0.5) is 4.39 Å². The minimum atomic E-state index is -0.875. The van der Waals surface area contributed by atoms with Crippen LogP contribution in [-0.2, 0) is 11.4 Å². The van der Waals surface area contributed by atoms with Crippen molar-refractivity contribution in [2.45, 2.75) is 12.6 Å². The van der Waals surface area contributed by atoms with Crippen LogP contribution in [0.3, 0.4) is 0 Å². The number of nitrogens with zero attached hydrogens (tertiary/aromatic N) is 1. The molecule has 29 heavy (non-hydrogen) atoms. The lowest BCUT2D eigenvalue weighted by Gasteiger charge is -2.13. The molecule has 3 rings (SSSR count). The number of hydrogen-bond donors (Lipinski definition) is 1. The summed E-state index contributed by atoms with van der Waals surface area (Å²) in [6, 6.07) is 23.2. The van der Waals surface area contributed by atoms with Crippen molar-refractivity contribution in [3.63, 3.8) is 0 Å². The third-order valence-corrected chi connectivity index (χ3v) is 4.08. The summed E-state index contributed by atoms with van der Waals surface area (Å²) in [5.74, 6) is 0.329. The summed E-state index contributed by atoms with van der Waals surface area (Å²) < 4.78 is 24.1. The van der Waals surface area contributed by atoms with Gasteiger partial charge >= 0.3 is 0 Å². The number of nitrogens with one attached hydrogen (secondary N) is 1. The Bertz CT molecular complexity index is 968. The first-order valence-electron chi connectivity index (χ1n) is 8.98. The molecule has 5 nitrogen and oxygen atoms in total. The van der Waals surface area contributed by atoms with Gasteiger partial charge in [0.05, 0.1) is 6.07 Å². The molecule has 0 radical (unpaired) electrons. The molecule has 146 valence electrons. The number of amides is 1. The summed E-state index contributed by atoms with van der Waals surface area (Å²) in [5, 5.41) is 11.8. The molecule has 0 aromatic heterocycles. The Morgan fingerprint density at radius 1 is 0.931 bits per heavy atom. The Morgan fingerprint density at radius 2 is 1.55 bits per heavy atom. The molecule has 0 saturated carbocycles. The lowest BCUT2D eigenvalue weighted by Crippen LogP contribution is -2.32. The molecule has 0 aliphatic heterocycles. The topological polar surface area (TPSA) is 71.4 Å². The van der Waals surface area contributed by atoms with E-state index in [9.17, 15) is 14.4 Å². The normalized spacial score (nSPS) is 11.2. The quantitative estimate of drug-likeness (QED) is 0.627. The first kappa shape index (κ1) is 19.9. The Hall–Kier alpha value is -3.85. The summed E-state index contributed by atoms with van der Waals surface area (Å²) in [7, 11) is 0. The van der Waals surface area contributed by atoms with Gasteiger partial charge in [-0.1, -0.05) is 42.5 Å². The van der Waals surface area contributed by atoms with E-state index in [4.69, 9.17) is 9.47 Å². The van der Waals surface area contributed by atoms with E-state index in [1.54, 1.807) is 24.3 Å². The monoisotopic (exact) mass is 390 g/mol. The van der Waals surface area contributed by atoms with Crippen LogP contribution in [-0.4, -0.2) is 12.5 Å². The van der Waals surface area contributed by atoms with Crippen LogP contribution in [0.2, 0.25) is 0 Å². The zero-order chi connectivity index (χ0) is 20.5. The molecule has 0 aliphatic carbocycles. The van der Waals surface area contributed by atoms with Crippen LogP contribution in [0.1, 0.15) is 17.2 Å². The van der Waals surface area contributed by atoms with E-state index in [1.807, 2.05) is 36.4 Å². The molecule has 0 heterocycles. The SMILES string of the molecule is N#C[C@H](NC(=O)COc1ccc(OCc2ccccc2)cc1)c1ccc(F)cc1. The molecule has 6 heteroatoms. The molecular weight excluding hydrogens is 371 g/mol. The van der Waals surface area contributed by atoms with Crippen LogP contribution >= 0.6 is 0 Å². The Labute approximate surface area is 168 Å². The van der Waals surface area contributed by atoms with E-state index < -0.39 is 17.8 Å². The molecule has 1 N–H and O–H groups in total. The maximum atomic E-state index is 13.0. The highest BCUT2D eigenvalue weighted by molar-refractivity contribution is 5.78. The van der Waals surface area contributed by atoms with Gasteiger partial charge in [-0.3, -0.25) is 4.79 Å². The molecule has 3 aromatic rings. The van der Waals surface area contributed by atoms with Gasteiger partial charge in [0.2, 0.25) is 0 Å². The van der Waals surface area contributed by atoms with Gasteiger partial charge < -0.3 is 14.8 Å². The fourth-order valence-corrected chi connectivity index (χ4v) is 2.57. The molecular formula is C23H19FN2O3. The maximum Gasteiger partial charge on any atom is 0.259 e. The minimum Gasteiger partial charge on any atom is -0.489 e. The highest BCUT2D eigenvalue weighted by Gasteiger charge is 2.14. The molecule has 1 amide bonds. The third-order valence-electron chi connectivity index (χ3n) is 4.08. The summed E-state index contributed by atoms with van der Waals surface area (Å²) in [4.78, 5) is 12.1. The smallest absolute Gasteiger partial charge is 0.259 e. The second kappa shape index (κ2) is 9.90. The lowest BCUT2D eigenvalue weighted by molar-refractivity contribution is -0.123. The number of carbonyl (C=O) groups excluding carboxylic acids is 1. The van der Waals surface area contributed by atoms with Crippen molar-refractivity contribution >= 4 is 5.91 Å². The number of carbonyl (C=O) groups is 1. The van der Waals surface area contributed by atoms with Crippen LogP contribution in [0.5, 0.6) is 11.5 Å². The standard InChI is InChI=1S/C23H19FN2O3/c24-19-8-6-18(7-9-19)22(14-25)26-23(27)16-29-21-12-10-20(11-13-21)28-15-17-4-2-1-3-5-17/h1-13,22H,15-16H2,(H,26,27)/t22-/m0/s1. The molecule has 0 bridgehead atoms. The molecule has 0 fully saturated rings. The number of hydrogen-bond acceptors (Lipinski definition) is 4. The summed E-state index contributed by atoms with van der Waals surface area (Å²) in [6.45, 7) is 0.214. The first-order chi connectivity index (χ1) is 14.1. The zero-order valence-electron chi connectivity index (χ0n) is 15.5. The average molecular weight is 390 g/mol. The van der Waals surface area contributed by atoms with Gasteiger partial charge in [0.25, 0.3) is 5.91 Å². The second-order valence-electron chi connectivity index (χ2n) is 6.22. The predicted molar refractivity (Wildman–Crippen MR) is 106 cm³/mol. The Kier molecular flexibility index (Phi) is 6.80. The maximum absolute atomic E-state index is 13.0. The number of nitriles is 1. The van der Waals surface area contributed by atoms with Crippen LogP contribution in [0.25, 0.3) is 0 Å². The summed E-state index contributed by atoms with van der Waals surface area (Å²) in [5.41, 5.74) is 1.57. The van der Waals surface area contributed by atoms with Crippen LogP contribution in [0, 0.1) is 17.1 Å². The Morgan fingerprint density at radius 3 is 2.17 bits per heavy atom. The Balaban J connectivity index is 1.47. The van der Waals surface area contributed by atoms with E-state index in [2.05, 4.69) is 5.32 Å². The van der Waals surface area contributed by atoms with Gasteiger partial charge in [-0.15, -0.1) is 0 Å². The largest absolute Gasteiger partial charge is 0.489 e. The highest BCUT2D eigenvalue weighted by Crippen LogP contribution is 2.19. The third kappa shape index (κ3) is 6.08. The zero-order valence-corrected chi connectivity index (χ0v) is 15.5. The average Bonchev–Trinajstić information content (AvgIpc) is 2.77. The van der Waals surface area contributed by atoms with Gasteiger partial charge in [0.15, 0.2) is 6.61 Å². The number of halogens is 1. The molecule has 0 spiro atoms. The molecule has 3 aromatic carbocycles. The van der Waals surface area contributed by atoms with E-state index in [0.717, 1.165) is 5.56 Å². The van der Waals surface area contributed by atoms with Crippen molar-refractivity contribution in [3.05, 3.63) is 95.8 Å². The fourth-order valence-electron chi connectivity index (χ4n) is 2.57. The van der Waals surface area contributed by atoms with Crippen molar-refractivity contribution in [1.82, 2.24) is 5.32 Å². The first-order valence-corrected chi connectivity index (χ1v) is 8.98. The van der Waals surface area contributed by atoms with Crippen molar-refractivity contribution < 1.29 is 18.7 Å². The predicted octanol–water partition coefficient (Wildman–Crippen LogP) is 4.16. The van der Waals surface area contributed by atoms with Crippen LogP contribution in [0.15, 0.2) is 78.9 Å². The van der Waals surface area contributed by atoms with E-state index >= 15 is 0 Å². The van der Waals surface area contributed by atoms with E-state index in [-0.39, 0.29) is 6.61 Å². The van der Waals surface area contributed by atoms with Crippen LogP contribution < -0.4 is 14.8 Å². The second-order valence-corrected chi connectivity index (χ2v) is 6.22. The minimum absolute atomic E-state index is 0.246. The van der Waals surface area contributed by atoms with Gasteiger partial charge in [-0.2, -0.15) is 5.26 Å². The number of rotatable bonds is 8. The van der Waals surface area contributed by atoms with Gasteiger partial charge in [-0.25, -0.2) is 4.39 Å². The molecule has 0 unspecified atom stereocenters. The van der Waals surface area contributed by atoms with Crippen molar-refractivity contribution in [3.8, 4) is 17.6 Å². The molecule has 0 aliphatic rings. The van der Waals surface area contributed by atoms with Gasteiger partial charge in [0.1, 0.15) is 30.0 Å². The highest BCUT2D eigenvalue weighted by atomic mass is 19.1. The fraction of sp³-hybridized carbons (Fsp3) is 0.130. The lowest BCUT2D eigenvalue weighted by atomic mass is 10.1. The van der Waals surface area contributed by atoms with E-state index in [0.29, 0.717) is 23.7 Å². The number of benzene rings is 3. The summed E-state index contributed by atoms with van der Waals surface area (Å²) in [6.07, 6.45) is 0. The summed E-state index contributed by atoms with van der Waals surface area (Å²) >= 11 is 0. The van der Waals surface area contributed by atoms with Gasteiger partial charge in [0, 0.05) is 0 Å². The number of ether oxygens (including phenoxy) is 2.